The van der Waals surface area contributed by atoms with Crippen LogP contribution in [0, 0.1) is 5.82 Å². The van der Waals surface area contributed by atoms with E-state index in [0.29, 0.717) is 19.8 Å². The van der Waals surface area contributed by atoms with Gasteiger partial charge in [0, 0.05) is 5.02 Å². The lowest BCUT2D eigenvalue weighted by Gasteiger charge is -2.11. The number of halogens is 2. The van der Waals surface area contributed by atoms with Crippen LogP contribution in [0.5, 0.6) is 0 Å². The van der Waals surface area contributed by atoms with Gasteiger partial charge in [0.15, 0.2) is 0 Å². The van der Waals surface area contributed by atoms with E-state index in [2.05, 4.69) is 5.10 Å². The molecular formula is C17H11ClFN3O4. The number of hydrogen-bond donors (Lipinski definition) is 1. The molecule has 7 nitrogen and oxygen atoms in total. The molecule has 0 saturated carbocycles. The number of aromatic carboxylic acids is 1. The molecule has 0 bridgehead atoms. The fourth-order valence-corrected chi connectivity index (χ4v) is 2.60. The van der Waals surface area contributed by atoms with Crippen molar-refractivity contribution in [2.45, 2.75) is 6.54 Å². The van der Waals surface area contributed by atoms with Crippen molar-refractivity contribution < 1.29 is 14.3 Å². The number of aromatic nitrogens is 3. The molecule has 9 heteroatoms. The molecule has 1 aromatic heterocycles. The Morgan fingerprint density at radius 2 is 1.88 bits per heavy atom. The van der Waals surface area contributed by atoms with Crippen LogP contribution >= 0.6 is 11.6 Å². The van der Waals surface area contributed by atoms with Gasteiger partial charge in [-0.1, -0.05) is 35.9 Å². The van der Waals surface area contributed by atoms with Crippen LogP contribution in [-0.2, 0) is 6.54 Å². The zero-order chi connectivity index (χ0) is 18.8. The number of benzene rings is 2. The van der Waals surface area contributed by atoms with E-state index in [-0.39, 0.29) is 12.2 Å². The fraction of sp³-hybridized carbons (Fsp3) is 0.0588. The van der Waals surface area contributed by atoms with Crippen LogP contribution in [-0.4, -0.2) is 25.4 Å². The van der Waals surface area contributed by atoms with Crippen LogP contribution in [0.3, 0.4) is 0 Å². The van der Waals surface area contributed by atoms with Crippen molar-refractivity contribution in [3.05, 3.63) is 91.5 Å². The molecule has 0 saturated heterocycles. The van der Waals surface area contributed by atoms with Crippen LogP contribution in [0.4, 0.5) is 4.39 Å². The average molecular weight is 376 g/mol. The van der Waals surface area contributed by atoms with Gasteiger partial charge in [-0.3, -0.25) is 9.36 Å². The highest BCUT2D eigenvalue weighted by Gasteiger charge is 2.20. The SMILES string of the molecule is O=C(O)c1nn(-c2ccccc2F)c(=O)n(Cc2cccc(Cl)c2)c1=O. The molecule has 0 amide bonds. The summed E-state index contributed by atoms with van der Waals surface area (Å²) in [7, 11) is 0. The van der Waals surface area contributed by atoms with Gasteiger partial charge in [-0.05, 0) is 29.8 Å². The Morgan fingerprint density at radius 3 is 2.54 bits per heavy atom. The standard InChI is InChI=1S/C17H11ClFN3O4/c18-11-5-3-4-10(8-11)9-21-15(23)14(16(24)25)20-22(17(21)26)13-7-2-1-6-12(13)19/h1-8H,9H2,(H,24,25). The van der Waals surface area contributed by atoms with Gasteiger partial charge in [-0.2, -0.15) is 9.78 Å². The largest absolute Gasteiger partial charge is 0.476 e. The molecule has 0 unspecified atom stereocenters. The number of para-hydroxylation sites is 1. The minimum absolute atomic E-state index is 0.241. The summed E-state index contributed by atoms with van der Waals surface area (Å²) >= 11 is 5.89. The van der Waals surface area contributed by atoms with Gasteiger partial charge in [0.1, 0.15) is 11.5 Å². The molecule has 132 valence electrons. The van der Waals surface area contributed by atoms with Gasteiger partial charge in [0.05, 0.1) is 6.54 Å². The van der Waals surface area contributed by atoms with Gasteiger partial charge >= 0.3 is 11.7 Å². The fourth-order valence-electron chi connectivity index (χ4n) is 2.39. The third-order valence-corrected chi connectivity index (χ3v) is 3.81. The molecule has 3 rings (SSSR count). The molecular weight excluding hydrogens is 365 g/mol. The van der Waals surface area contributed by atoms with Crippen molar-refractivity contribution in [2.75, 3.05) is 0 Å². The molecule has 0 fully saturated rings. The Kier molecular flexibility index (Phi) is 4.68. The maximum Gasteiger partial charge on any atom is 0.362 e. The molecule has 0 aliphatic heterocycles. The average Bonchev–Trinajstić information content (AvgIpc) is 2.59. The van der Waals surface area contributed by atoms with E-state index in [4.69, 9.17) is 11.6 Å². The van der Waals surface area contributed by atoms with Crippen molar-refractivity contribution in [3.63, 3.8) is 0 Å². The Balaban J connectivity index is 2.27. The highest BCUT2D eigenvalue weighted by atomic mass is 35.5. The number of hydrogen-bond acceptors (Lipinski definition) is 4. The summed E-state index contributed by atoms with van der Waals surface area (Å²) in [5.41, 5.74) is -2.71. The van der Waals surface area contributed by atoms with Crippen LogP contribution in [0.15, 0.2) is 58.1 Å². The Hall–Kier alpha value is -3.26. The second kappa shape index (κ2) is 6.93. The number of nitrogens with zero attached hydrogens (tertiary/aromatic N) is 3. The maximum absolute atomic E-state index is 14.0. The lowest BCUT2D eigenvalue weighted by Crippen LogP contribution is -2.44. The molecule has 1 heterocycles. The summed E-state index contributed by atoms with van der Waals surface area (Å²) in [6.45, 7) is -0.241. The third kappa shape index (κ3) is 3.27. The van der Waals surface area contributed by atoms with E-state index in [0.717, 1.165) is 6.07 Å². The summed E-state index contributed by atoms with van der Waals surface area (Å²) in [6, 6.07) is 11.6. The number of carboxylic acids is 1. The maximum atomic E-state index is 14.0. The predicted molar refractivity (Wildman–Crippen MR) is 91.6 cm³/mol. The van der Waals surface area contributed by atoms with Gasteiger partial charge in [0.25, 0.3) is 5.56 Å². The van der Waals surface area contributed by atoms with E-state index in [1.54, 1.807) is 18.2 Å². The smallest absolute Gasteiger partial charge is 0.362 e. The predicted octanol–water partition coefficient (Wildman–Crippen LogP) is 1.93. The summed E-state index contributed by atoms with van der Waals surface area (Å²) in [5, 5.41) is 13.1. The van der Waals surface area contributed by atoms with E-state index in [1.807, 2.05) is 0 Å². The van der Waals surface area contributed by atoms with Gasteiger partial charge in [-0.15, -0.1) is 0 Å². The lowest BCUT2D eigenvalue weighted by molar-refractivity contribution is 0.0684. The number of carbonyl (C=O) groups is 1. The van der Waals surface area contributed by atoms with E-state index >= 15 is 0 Å². The Bertz CT molecular complexity index is 1120. The monoisotopic (exact) mass is 375 g/mol. The molecule has 1 N–H and O–H groups in total. The number of carboxylic acid groups (broad SMARTS) is 1. The number of rotatable bonds is 4. The molecule has 0 aliphatic carbocycles. The quantitative estimate of drug-likeness (QED) is 0.752. The van der Waals surface area contributed by atoms with Gasteiger partial charge in [-0.25, -0.2) is 14.0 Å². The topological polar surface area (TPSA) is 94.2 Å². The first-order valence-corrected chi connectivity index (χ1v) is 7.73. The van der Waals surface area contributed by atoms with Crippen molar-refractivity contribution in [1.82, 2.24) is 14.3 Å². The van der Waals surface area contributed by atoms with Crippen LogP contribution in [0.25, 0.3) is 5.69 Å². The summed E-state index contributed by atoms with van der Waals surface area (Å²) in [6.07, 6.45) is 0. The summed E-state index contributed by atoms with van der Waals surface area (Å²) < 4.78 is 15.3. The second-order valence-corrected chi connectivity index (χ2v) is 5.76. The van der Waals surface area contributed by atoms with Crippen molar-refractivity contribution >= 4 is 17.6 Å². The van der Waals surface area contributed by atoms with E-state index in [1.165, 1.54) is 24.3 Å². The minimum Gasteiger partial charge on any atom is -0.476 e. The zero-order valence-electron chi connectivity index (χ0n) is 13.1. The Labute approximate surface area is 150 Å². The van der Waals surface area contributed by atoms with Crippen molar-refractivity contribution in [3.8, 4) is 5.69 Å². The molecule has 0 aliphatic rings. The highest BCUT2D eigenvalue weighted by molar-refractivity contribution is 6.30. The van der Waals surface area contributed by atoms with E-state index < -0.39 is 28.7 Å². The first-order chi connectivity index (χ1) is 12.4. The minimum atomic E-state index is -1.63. The normalized spacial score (nSPS) is 10.7. The van der Waals surface area contributed by atoms with Crippen molar-refractivity contribution in [1.29, 1.82) is 0 Å². The molecule has 26 heavy (non-hydrogen) atoms. The second-order valence-electron chi connectivity index (χ2n) is 5.32. The summed E-state index contributed by atoms with van der Waals surface area (Å²) in [4.78, 5) is 36.4. The molecule has 0 radical (unpaired) electrons. The third-order valence-electron chi connectivity index (χ3n) is 3.57. The van der Waals surface area contributed by atoms with E-state index in [9.17, 15) is 23.9 Å². The Morgan fingerprint density at radius 1 is 1.15 bits per heavy atom. The lowest BCUT2D eigenvalue weighted by atomic mass is 10.2. The van der Waals surface area contributed by atoms with Gasteiger partial charge in [0.2, 0.25) is 5.69 Å². The van der Waals surface area contributed by atoms with Crippen LogP contribution in [0.1, 0.15) is 16.1 Å². The first-order valence-electron chi connectivity index (χ1n) is 7.35. The molecule has 0 atom stereocenters. The van der Waals surface area contributed by atoms with Crippen molar-refractivity contribution in [2.24, 2.45) is 0 Å². The van der Waals surface area contributed by atoms with Crippen LogP contribution < -0.4 is 11.2 Å². The molecule has 2 aromatic carbocycles. The zero-order valence-corrected chi connectivity index (χ0v) is 13.9. The van der Waals surface area contributed by atoms with Gasteiger partial charge < -0.3 is 5.11 Å². The first kappa shape index (κ1) is 17.6. The van der Waals surface area contributed by atoms with Crippen LogP contribution in [0.2, 0.25) is 5.02 Å². The molecule has 0 spiro atoms. The molecule has 3 aromatic rings. The highest BCUT2D eigenvalue weighted by Crippen LogP contribution is 2.12. The summed E-state index contributed by atoms with van der Waals surface area (Å²) in [5.74, 6) is -2.41.